The summed E-state index contributed by atoms with van der Waals surface area (Å²) in [5.41, 5.74) is 0.427. The molecule has 2 saturated heterocycles. The van der Waals surface area contributed by atoms with Crippen LogP contribution in [-0.4, -0.2) is 37.2 Å². The van der Waals surface area contributed by atoms with Gasteiger partial charge in [0.15, 0.2) is 0 Å². The zero-order valence-corrected chi connectivity index (χ0v) is 8.01. The molecule has 2 rings (SSSR count). The van der Waals surface area contributed by atoms with E-state index in [1.54, 1.807) is 0 Å². The number of ether oxygens (including phenoxy) is 1. The van der Waals surface area contributed by atoms with Crippen molar-refractivity contribution in [3.05, 3.63) is 0 Å². The molecule has 0 radical (unpaired) electrons. The Morgan fingerprint density at radius 3 is 2.67 bits per heavy atom. The Kier molecular flexibility index (Phi) is 2.37. The van der Waals surface area contributed by atoms with Gasteiger partial charge < -0.3 is 4.74 Å². The summed E-state index contributed by atoms with van der Waals surface area (Å²) in [5, 5.41) is 0. The molecule has 70 valence electrons. The molecule has 2 nitrogen and oxygen atoms in total. The summed E-state index contributed by atoms with van der Waals surface area (Å²) >= 11 is 0. The maximum absolute atomic E-state index is 5.59. The molecule has 0 N–H and O–H groups in total. The van der Waals surface area contributed by atoms with Gasteiger partial charge in [0.25, 0.3) is 0 Å². The second kappa shape index (κ2) is 3.35. The second-order valence-electron chi connectivity index (χ2n) is 4.26. The van der Waals surface area contributed by atoms with Crippen molar-refractivity contribution in [2.24, 2.45) is 0 Å². The molecule has 0 amide bonds. The van der Waals surface area contributed by atoms with Gasteiger partial charge in [-0.25, -0.2) is 0 Å². The van der Waals surface area contributed by atoms with Crippen LogP contribution < -0.4 is 0 Å². The van der Waals surface area contributed by atoms with Crippen LogP contribution in [0.5, 0.6) is 0 Å². The van der Waals surface area contributed by atoms with Gasteiger partial charge in [-0.2, -0.15) is 0 Å². The van der Waals surface area contributed by atoms with Crippen molar-refractivity contribution in [2.45, 2.75) is 37.6 Å². The number of likely N-dealkylation sites (tertiary alicyclic amines) is 1. The zero-order valence-electron chi connectivity index (χ0n) is 8.01. The molecule has 0 aromatic carbocycles. The van der Waals surface area contributed by atoms with Crippen molar-refractivity contribution in [1.29, 1.82) is 0 Å². The van der Waals surface area contributed by atoms with E-state index in [1.165, 1.54) is 38.6 Å². The van der Waals surface area contributed by atoms with Crippen LogP contribution >= 0.6 is 0 Å². The van der Waals surface area contributed by atoms with Gasteiger partial charge in [0.1, 0.15) is 0 Å². The first-order valence-electron chi connectivity index (χ1n) is 5.13. The molecule has 2 aliphatic heterocycles. The molecule has 12 heavy (non-hydrogen) atoms. The summed E-state index contributed by atoms with van der Waals surface area (Å²) in [6.45, 7) is 3.22. The Labute approximate surface area is 74.9 Å². The lowest BCUT2D eigenvalue weighted by Gasteiger charge is -2.47. The van der Waals surface area contributed by atoms with Crippen LogP contribution in [0.3, 0.4) is 0 Å². The first kappa shape index (κ1) is 8.52. The minimum atomic E-state index is 0.427. The van der Waals surface area contributed by atoms with Crippen LogP contribution in [0, 0.1) is 0 Å². The molecule has 2 aliphatic rings. The Bertz CT molecular complexity index is 144. The molecule has 2 fully saturated rings. The molecule has 0 bridgehead atoms. The third-order valence-electron chi connectivity index (χ3n) is 3.50. The normalized spacial score (nSPS) is 38.8. The van der Waals surface area contributed by atoms with Gasteiger partial charge in [0.2, 0.25) is 0 Å². The lowest BCUT2D eigenvalue weighted by Crippen LogP contribution is -2.54. The van der Waals surface area contributed by atoms with E-state index in [-0.39, 0.29) is 0 Å². The average Bonchev–Trinajstić information content (AvgIpc) is 2.12. The second-order valence-corrected chi connectivity index (χ2v) is 4.26. The Morgan fingerprint density at radius 2 is 2.00 bits per heavy atom. The molecular formula is C10H19NO. The lowest BCUT2D eigenvalue weighted by molar-refractivity contribution is -0.0573. The third-order valence-corrected chi connectivity index (χ3v) is 3.50. The number of rotatable bonds is 0. The molecule has 2 heterocycles. The monoisotopic (exact) mass is 169 g/mol. The van der Waals surface area contributed by atoms with Crippen LogP contribution in [0.25, 0.3) is 0 Å². The fraction of sp³-hybridized carbons (Fsp3) is 1.00. The van der Waals surface area contributed by atoms with E-state index in [4.69, 9.17) is 4.74 Å². The van der Waals surface area contributed by atoms with Gasteiger partial charge in [-0.05, 0) is 39.3 Å². The minimum Gasteiger partial charge on any atom is -0.380 e. The molecule has 1 unspecified atom stereocenters. The number of hydrogen-bond acceptors (Lipinski definition) is 2. The van der Waals surface area contributed by atoms with Gasteiger partial charge in [-0.15, -0.1) is 0 Å². The van der Waals surface area contributed by atoms with Crippen LogP contribution in [0.1, 0.15) is 32.1 Å². The van der Waals surface area contributed by atoms with E-state index in [0.29, 0.717) is 5.54 Å². The highest BCUT2D eigenvalue weighted by atomic mass is 16.5. The zero-order chi connectivity index (χ0) is 8.44. The average molecular weight is 169 g/mol. The Hall–Kier alpha value is -0.0800. The predicted octanol–water partition coefficient (Wildman–Crippen LogP) is 1.65. The molecule has 0 aromatic rings. The van der Waals surface area contributed by atoms with Crippen molar-refractivity contribution in [3.63, 3.8) is 0 Å². The first-order valence-corrected chi connectivity index (χ1v) is 5.13. The number of likely N-dealkylation sites (N-methyl/N-ethyl adjacent to an activating group) is 1. The summed E-state index contributed by atoms with van der Waals surface area (Å²) in [7, 11) is 2.26. The first-order chi connectivity index (χ1) is 5.83. The number of piperidine rings is 1. The SMILES string of the molecule is CN1CCCCC12CCCOC2. The van der Waals surface area contributed by atoms with Crippen molar-refractivity contribution >= 4 is 0 Å². The van der Waals surface area contributed by atoms with Crippen molar-refractivity contribution in [2.75, 3.05) is 26.8 Å². The van der Waals surface area contributed by atoms with Gasteiger partial charge >= 0.3 is 0 Å². The highest BCUT2D eigenvalue weighted by Gasteiger charge is 2.38. The van der Waals surface area contributed by atoms with Gasteiger partial charge in [0.05, 0.1) is 6.61 Å². The van der Waals surface area contributed by atoms with Crippen molar-refractivity contribution in [3.8, 4) is 0 Å². The molecule has 2 heteroatoms. The Balaban J connectivity index is 2.04. The van der Waals surface area contributed by atoms with E-state index in [1.807, 2.05) is 0 Å². The van der Waals surface area contributed by atoms with E-state index in [0.717, 1.165) is 13.2 Å². The highest BCUT2D eigenvalue weighted by Crippen LogP contribution is 2.33. The topological polar surface area (TPSA) is 12.5 Å². The lowest BCUT2D eigenvalue weighted by atomic mass is 9.82. The quantitative estimate of drug-likeness (QED) is 0.546. The predicted molar refractivity (Wildman–Crippen MR) is 49.3 cm³/mol. The van der Waals surface area contributed by atoms with Gasteiger partial charge in [-0.3, -0.25) is 4.90 Å². The van der Waals surface area contributed by atoms with E-state index >= 15 is 0 Å². The van der Waals surface area contributed by atoms with Crippen LogP contribution in [0.4, 0.5) is 0 Å². The fourth-order valence-corrected chi connectivity index (χ4v) is 2.57. The molecule has 1 atom stereocenters. The standard InChI is InChI=1S/C10H19NO/c1-11-7-3-2-5-10(11)6-4-8-12-9-10/h2-9H2,1H3. The molecule has 0 aromatic heterocycles. The van der Waals surface area contributed by atoms with Crippen molar-refractivity contribution in [1.82, 2.24) is 4.90 Å². The van der Waals surface area contributed by atoms with Crippen LogP contribution in [-0.2, 0) is 4.74 Å². The van der Waals surface area contributed by atoms with Gasteiger partial charge in [-0.1, -0.05) is 6.42 Å². The summed E-state index contributed by atoms with van der Waals surface area (Å²) < 4.78 is 5.59. The number of nitrogens with zero attached hydrogens (tertiary/aromatic N) is 1. The van der Waals surface area contributed by atoms with Crippen LogP contribution in [0.2, 0.25) is 0 Å². The minimum absolute atomic E-state index is 0.427. The third kappa shape index (κ3) is 1.38. The molecule has 0 saturated carbocycles. The largest absolute Gasteiger partial charge is 0.380 e. The molecular weight excluding hydrogens is 150 g/mol. The summed E-state index contributed by atoms with van der Waals surface area (Å²) in [4.78, 5) is 2.52. The molecule has 1 spiro atoms. The van der Waals surface area contributed by atoms with Crippen LogP contribution in [0.15, 0.2) is 0 Å². The summed E-state index contributed by atoms with van der Waals surface area (Å²) in [6.07, 6.45) is 6.73. The molecule has 0 aliphatic carbocycles. The van der Waals surface area contributed by atoms with Crippen molar-refractivity contribution < 1.29 is 4.74 Å². The number of hydrogen-bond donors (Lipinski definition) is 0. The van der Waals surface area contributed by atoms with E-state index in [9.17, 15) is 0 Å². The smallest absolute Gasteiger partial charge is 0.0650 e. The maximum Gasteiger partial charge on any atom is 0.0650 e. The summed E-state index contributed by atoms with van der Waals surface area (Å²) in [6, 6.07) is 0. The fourth-order valence-electron chi connectivity index (χ4n) is 2.57. The summed E-state index contributed by atoms with van der Waals surface area (Å²) in [5.74, 6) is 0. The maximum atomic E-state index is 5.59. The van der Waals surface area contributed by atoms with Gasteiger partial charge in [0, 0.05) is 12.1 Å². The Morgan fingerprint density at radius 1 is 1.17 bits per heavy atom. The highest BCUT2D eigenvalue weighted by molar-refractivity contribution is 4.93. The van der Waals surface area contributed by atoms with E-state index in [2.05, 4.69) is 11.9 Å². The van der Waals surface area contributed by atoms with E-state index < -0.39 is 0 Å².